The topological polar surface area (TPSA) is 48.9 Å². The molecular weight excluding hydrogens is 319 g/mol. The average Bonchev–Trinajstić information content (AvgIpc) is 2.58. The Kier molecular flexibility index (Phi) is 9.45. The largest absolute Gasteiger partial charge is 0.385 e. The third kappa shape index (κ3) is 7.84. The molecule has 0 aliphatic rings. The van der Waals surface area contributed by atoms with Gasteiger partial charge in [0, 0.05) is 52.4 Å². The van der Waals surface area contributed by atoms with Crippen molar-refractivity contribution in [1.29, 1.82) is 0 Å². The summed E-state index contributed by atoms with van der Waals surface area (Å²) in [4.78, 5) is 6.49. The molecule has 0 fully saturated rings. The minimum absolute atomic E-state index is 0.171. The fourth-order valence-electron chi connectivity index (χ4n) is 2.59. The van der Waals surface area contributed by atoms with Gasteiger partial charge in [0.1, 0.15) is 5.82 Å². The van der Waals surface area contributed by atoms with E-state index in [0.29, 0.717) is 12.1 Å². The van der Waals surface area contributed by atoms with E-state index < -0.39 is 0 Å². The highest BCUT2D eigenvalue weighted by Gasteiger charge is 2.24. The van der Waals surface area contributed by atoms with Crippen molar-refractivity contribution >= 4 is 5.96 Å². The number of nitrogens with zero attached hydrogens (tertiary/aromatic N) is 2. The first-order chi connectivity index (χ1) is 11.9. The quantitative estimate of drug-likeness (QED) is 0.385. The number of rotatable bonds is 10. The second-order valence-corrected chi connectivity index (χ2v) is 6.87. The van der Waals surface area contributed by atoms with Gasteiger partial charge in [0.05, 0.1) is 0 Å². The van der Waals surface area contributed by atoms with Gasteiger partial charge in [-0.3, -0.25) is 4.99 Å². The fraction of sp³-hybridized carbons (Fsp3) is 0.632. The zero-order valence-electron chi connectivity index (χ0n) is 16.2. The highest BCUT2D eigenvalue weighted by atomic mass is 19.1. The van der Waals surface area contributed by atoms with Crippen molar-refractivity contribution < 1.29 is 9.13 Å². The van der Waals surface area contributed by atoms with E-state index in [4.69, 9.17) is 4.74 Å². The molecule has 1 rings (SSSR count). The number of benzene rings is 1. The summed E-state index contributed by atoms with van der Waals surface area (Å²) < 4.78 is 19.1. The second kappa shape index (κ2) is 11.1. The molecule has 0 radical (unpaired) electrons. The number of likely N-dealkylation sites (N-methyl/N-ethyl adjacent to an activating group) is 1. The second-order valence-electron chi connectivity index (χ2n) is 6.87. The van der Waals surface area contributed by atoms with Gasteiger partial charge in [0.15, 0.2) is 5.96 Å². The van der Waals surface area contributed by atoms with Crippen LogP contribution in [0.3, 0.4) is 0 Å². The van der Waals surface area contributed by atoms with Crippen LogP contribution in [-0.4, -0.2) is 64.9 Å². The van der Waals surface area contributed by atoms with E-state index in [1.165, 1.54) is 6.07 Å². The molecule has 2 N–H and O–H groups in total. The van der Waals surface area contributed by atoms with Gasteiger partial charge in [-0.25, -0.2) is 4.39 Å². The summed E-state index contributed by atoms with van der Waals surface area (Å²) >= 11 is 0. The molecule has 0 saturated carbocycles. The first-order valence-corrected chi connectivity index (χ1v) is 8.77. The molecule has 0 aliphatic carbocycles. The maximum atomic E-state index is 14.0. The Hall–Kier alpha value is -1.66. The molecule has 0 atom stereocenters. The number of hydrogen-bond acceptors (Lipinski definition) is 3. The van der Waals surface area contributed by atoms with Crippen molar-refractivity contribution in [2.45, 2.75) is 25.7 Å². The normalized spacial score (nSPS) is 12.5. The van der Waals surface area contributed by atoms with Gasteiger partial charge in [0.2, 0.25) is 0 Å². The van der Waals surface area contributed by atoms with Gasteiger partial charge in [0.25, 0.3) is 0 Å². The van der Waals surface area contributed by atoms with Gasteiger partial charge in [-0.2, -0.15) is 0 Å². The molecule has 1 aromatic rings. The monoisotopic (exact) mass is 352 g/mol. The van der Waals surface area contributed by atoms with Crippen LogP contribution in [-0.2, 0) is 10.2 Å². The highest BCUT2D eigenvalue weighted by Crippen LogP contribution is 2.24. The molecule has 0 heterocycles. The summed E-state index contributed by atoms with van der Waals surface area (Å²) in [5.74, 6) is 0.560. The van der Waals surface area contributed by atoms with Gasteiger partial charge >= 0.3 is 0 Å². The highest BCUT2D eigenvalue weighted by molar-refractivity contribution is 5.79. The summed E-state index contributed by atoms with van der Waals surface area (Å²) in [6.07, 6.45) is 1.02. The molecular formula is C19H33FN4O. The molecule has 0 amide bonds. The Morgan fingerprint density at radius 2 is 1.96 bits per heavy atom. The number of halogens is 1. The van der Waals surface area contributed by atoms with Crippen LogP contribution in [0.15, 0.2) is 29.3 Å². The first kappa shape index (κ1) is 21.4. The van der Waals surface area contributed by atoms with E-state index in [1.54, 1.807) is 20.2 Å². The molecule has 0 bridgehead atoms. The zero-order chi connectivity index (χ0) is 18.7. The van der Waals surface area contributed by atoms with Gasteiger partial charge < -0.3 is 20.3 Å². The first-order valence-electron chi connectivity index (χ1n) is 8.77. The lowest BCUT2D eigenvalue weighted by Crippen LogP contribution is -2.45. The molecule has 5 nitrogen and oxygen atoms in total. The van der Waals surface area contributed by atoms with Gasteiger partial charge in [-0.05, 0) is 25.1 Å². The summed E-state index contributed by atoms with van der Waals surface area (Å²) in [6, 6.07) is 6.92. The third-order valence-corrected chi connectivity index (χ3v) is 4.20. The lowest BCUT2D eigenvalue weighted by atomic mass is 9.84. The molecule has 0 spiro atoms. The Morgan fingerprint density at radius 1 is 1.24 bits per heavy atom. The molecule has 0 aromatic heterocycles. The van der Waals surface area contributed by atoms with Crippen LogP contribution in [0.2, 0.25) is 0 Å². The number of nitrogens with one attached hydrogen (secondary N) is 2. The van der Waals surface area contributed by atoms with Crippen LogP contribution in [0, 0.1) is 5.82 Å². The summed E-state index contributed by atoms with van der Waals surface area (Å²) in [7, 11) is 5.56. The molecule has 1 aromatic carbocycles. The number of guanidine groups is 1. The number of hydrogen-bond donors (Lipinski definition) is 2. The van der Waals surface area contributed by atoms with Crippen LogP contribution in [0.5, 0.6) is 0 Å². The van der Waals surface area contributed by atoms with Crippen molar-refractivity contribution in [3.63, 3.8) is 0 Å². The molecule has 142 valence electrons. The van der Waals surface area contributed by atoms with E-state index in [2.05, 4.69) is 27.6 Å². The third-order valence-electron chi connectivity index (χ3n) is 4.20. The van der Waals surface area contributed by atoms with Gasteiger partial charge in [-0.1, -0.05) is 32.0 Å². The van der Waals surface area contributed by atoms with Crippen molar-refractivity contribution in [2.75, 3.05) is 54.0 Å². The van der Waals surface area contributed by atoms with E-state index in [0.717, 1.165) is 38.6 Å². The van der Waals surface area contributed by atoms with Crippen molar-refractivity contribution in [1.82, 2.24) is 15.5 Å². The van der Waals surface area contributed by atoms with E-state index in [-0.39, 0.29) is 11.2 Å². The lowest BCUT2D eigenvalue weighted by Gasteiger charge is -2.27. The van der Waals surface area contributed by atoms with Crippen LogP contribution in [0.25, 0.3) is 0 Å². The number of ether oxygens (including phenoxy) is 1. The van der Waals surface area contributed by atoms with E-state index >= 15 is 0 Å². The van der Waals surface area contributed by atoms with Crippen molar-refractivity contribution in [3.8, 4) is 0 Å². The van der Waals surface area contributed by atoms with Crippen molar-refractivity contribution in [2.24, 2.45) is 4.99 Å². The fourth-order valence-corrected chi connectivity index (χ4v) is 2.59. The molecule has 25 heavy (non-hydrogen) atoms. The molecule has 0 unspecified atom stereocenters. The maximum Gasteiger partial charge on any atom is 0.191 e. The van der Waals surface area contributed by atoms with E-state index in [1.807, 2.05) is 26.0 Å². The summed E-state index contributed by atoms with van der Waals surface area (Å²) in [5.41, 5.74) is 0.371. The van der Waals surface area contributed by atoms with Crippen LogP contribution in [0.1, 0.15) is 25.8 Å². The zero-order valence-corrected chi connectivity index (χ0v) is 16.2. The molecule has 0 aliphatic heterocycles. The van der Waals surface area contributed by atoms with Crippen LogP contribution >= 0.6 is 0 Å². The Morgan fingerprint density at radius 3 is 2.60 bits per heavy atom. The van der Waals surface area contributed by atoms with Gasteiger partial charge in [-0.15, -0.1) is 0 Å². The number of aliphatic imine (C=N–C) groups is 1. The van der Waals surface area contributed by atoms with Crippen molar-refractivity contribution in [3.05, 3.63) is 35.6 Å². The standard InChI is InChI=1S/C19H33FN4O/c1-19(2,16-9-6-7-10-17(16)20)15-23-18(21-3)22-11-13-24(4)12-8-14-25-5/h6-7,9-10H,8,11-15H2,1-5H3,(H2,21,22,23). The Labute approximate surface area is 151 Å². The average molecular weight is 352 g/mol. The number of methoxy groups -OCH3 is 1. The van der Waals surface area contributed by atoms with Crippen LogP contribution < -0.4 is 10.6 Å². The summed E-state index contributed by atoms with van der Waals surface area (Å²) in [5, 5.41) is 6.60. The van der Waals surface area contributed by atoms with Crippen LogP contribution in [0.4, 0.5) is 4.39 Å². The summed E-state index contributed by atoms with van der Waals surface area (Å²) in [6.45, 7) is 8.14. The van der Waals surface area contributed by atoms with E-state index in [9.17, 15) is 4.39 Å². The smallest absolute Gasteiger partial charge is 0.191 e. The molecule has 0 saturated heterocycles. The maximum absolute atomic E-state index is 14.0. The lowest BCUT2D eigenvalue weighted by molar-refractivity contribution is 0.180. The Bertz CT molecular complexity index is 534. The Balaban J connectivity index is 2.40. The SMILES string of the molecule is CN=C(NCCN(C)CCCOC)NCC(C)(C)c1ccccc1F. The molecule has 6 heteroatoms. The predicted octanol–water partition coefficient (Wildman–Crippen LogP) is 2.24. The minimum Gasteiger partial charge on any atom is -0.385 e. The predicted molar refractivity (Wildman–Crippen MR) is 103 cm³/mol. The minimum atomic E-state index is -0.333.